The van der Waals surface area contributed by atoms with Crippen molar-refractivity contribution in [1.29, 1.82) is 0 Å². The van der Waals surface area contributed by atoms with Crippen LogP contribution in [-0.4, -0.2) is 54.1 Å². The number of anilines is 1. The average molecular weight is 536 g/mol. The first-order valence-corrected chi connectivity index (χ1v) is 11.1. The van der Waals surface area contributed by atoms with E-state index in [0.717, 1.165) is 9.69 Å². The molecule has 0 saturated heterocycles. The van der Waals surface area contributed by atoms with Gasteiger partial charge < -0.3 is 10.2 Å². The van der Waals surface area contributed by atoms with Crippen molar-refractivity contribution >= 4 is 35.3 Å². The minimum absolute atomic E-state index is 0.0188. The van der Waals surface area contributed by atoms with Crippen molar-refractivity contribution in [2.45, 2.75) is 13.2 Å². The van der Waals surface area contributed by atoms with Crippen LogP contribution >= 0.6 is 0 Å². The van der Waals surface area contributed by atoms with Crippen LogP contribution < -0.4 is 10.6 Å². The molecule has 14 heteroatoms. The number of hydrazone groups is 1. The summed E-state index contributed by atoms with van der Waals surface area (Å²) in [6, 6.07) is 11.6. The summed E-state index contributed by atoms with van der Waals surface area (Å²) in [4.78, 5) is 57.1. The van der Waals surface area contributed by atoms with E-state index in [-0.39, 0.29) is 34.7 Å². The zero-order valence-electron chi connectivity index (χ0n) is 19.8. The summed E-state index contributed by atoms with van der Waals surface area (Å²) in [6.45, 7) is -0.483. The Morgan fingerprint density at radius 3 is 2.13 bits per heavy atom. The van der Waals surface area contributed by atoms with Gasteiger partial charge >= 0.3 is 11.9 Å². The Hall–Kier alpha value is -5.15. The van der Waals surface area contributed by atoms with Crippen molar-refractivity contribution < 1.29 is 44.9 Å². The van der Waals surface area contributed by atoms with E-state index in [2.05, 4.69) is 20.0 Å². The van der Waals surface area contributed by atoms with E-state index in [0.29, 0.717) is 11.3 Å². The molecule has 2 heterocycles. The van der Waals surface area contributed by atoms with Crippen molar-refractivity contribution in [2.75, 3.05) is 5.01 Å². The van der Waals surface area contributed by atoms with Crippen LogP contribution in [0.4, 0.5) is 5.69 Å². The Morgan fingerprint density at radius 1 is 0.897 bits per heavy atom. The van der Waals surface area contributed by atoms with E-state index in [4.69, 9.17) is 15.6 Å². The number of aliphatic carboxylic acids is 1. The Morgan fingerprint density at radius 2 is 1.54 bits per heavy atom. The van der Waals surface area contributed by atoms with Gasteiger partial charge in [-0.3, -0.25) is 25.2 Å². The summed E-state index contributed by atoms with van der Waals surface area (Å²) in [7, 11) is 0. The van der Waals surface area contributed by atoms with Crippen LogP contribution in [-0.2, 0) is 32.6 Å². The van der Waals surface area contributed by atoms with Crippen LogP contribution in [0.3, 0.4) is 0 Å². The quantitative estimate of drug-likeness (QED) is 0.145. The fourth-order valence-corrected chi connectivity index (χ4v) is 3.72. The van der Waals surface area contributed by atoms with E-state index in [1.54, 1.807) is 12.1 Å². The lowest BCUT2D eigenvalue weighted by molar-refractivity contribution is -0.253. The molecule has 1 aliphatic rings. The number of benzene rings is 2. The SMILES string of the molecule is O=C(O)C1=NN(c2ccc(COO)cc2)C(=O)/C1=C\C=C\c1c(COO)[nH]n(-c2ccc(C(=O)O)cc2)c1=O. The fraction of sp³-hybridized carbons (Fsp3) is 0.0800. The van der Waals surface area contributed by atoms with Crippen LogP contribution in [0.5, 0.6) is 0 Å². The minimum Gasteiger partial charge on any atom is -0.478 e. The zero-order chi connectivity index (χ0) is 28.1. The van der Waals surface area contributed by atoms with Gasteiger partial charge in [0.25, 0.3) is 11.5 Å². The predicted molar refractivity (Wildman–Crippen MR) is 134 cm³/mol. The molecule has 1 amide bonds. The summed E-state index contributed by atoms with van der Waals surface area (Å²) in [5.74, 6) is -3.31. The Kier molecular flexibility index (Phi) is 7.93. The number of rotatable bonds is 10. The van der Waals surface area contributed by atoms with Gasteiger partial charge in [0.05, 0.1) is 33.8 Å². The average Bonchev–Trinajstić information content (AvgIpc) is 3.41. The number of nitrogens with one attached hydrogen (secondary N) is 1. The van der Waals surface area contributed by atoms with Gasteiger partial charge in [0.1, 0.15) is 13.2 Å². The summed E-state index contributed by atoms with van der Waals surface area (Å²) in [5, 5.41) is 43.7. The second kappa shape index (κ2) is 11.5. The molecular weight excluding hydrogens is 516 g/mol. The van der Waals surface area contributed by atoms with Crippen molar-refractivity contribution in [3.63, 3.8) is 0 Å². The molecule has 4 rings (SSSR count). The number of allylic oxidation sites excluding steroid dienone is 2. The van der Waals surface area contributed by atoms with Gasteiger partial charge in [0.15, 0.2) is 5.71 Å². The molecule has 3 aromatic rings. The second-order valence-corrected chi connectivity index (χ2v) is 8.02. The van der Waals surface area contributed by atoms with E-state index >= 15 is 0 Å². The smallest absolute Gasteiger partial charge is 0.357 e. The summed E-state index contributed by atoms with van der Waals surface area (Å²) < 4.78 is 1.10. The predicted octanol–water partition coefficient (Wildman–Crippen LogP) is 2.27. The molecule has 0 radical (unpaired) electrons. The highest BCUT2D eigenvalue weighted by molar-refractivity contribution is 6.52. The van der Waals surface area contributed by atoms with Crippen LogP contribution in [0.2, 0.25) is 0 Å². The van der Waals surface area contributed by atoms with Gasteiger partial charge in [-0.25, -0.2) is 24.0 Å². The Balaban J connectivity index is 1.65. The number of aromatic nitrogens is 2. The molecule has 2 aromatic carbocycles. The van der Waals surface area contributed by atoms with Crippen molar-refractivity contribution in [3.8, 4) is 5.69 Å². The van der Waals surface area contributed by atoms with Crippen molar-refractivity contribution in [3.05, 3.63) is 99.0 Å². The van der Waals surface area contributed by atoms with Crippen LogP contribution in [0.15, 0.2) is 76.2 Å². The third kappa shape index (κ3) is 5.58. The molecule has 1 aromatic heterocycles. The molecule has 0 unspecified atom stereocenters. The number of amides is 1. The topological polar surface area (TPSA) is 204 Å². The maximum atomic E-state index is 13.0. The lowest BCUT2D eigenvalue weighted by Gasteiger charge is -2.11. The Labute approximate surface area is 218 Å². The molecule has 14 nitrogen and oxygen atoms in total. The third-order valence-corrected chi connectivity index (χ3v) is 5.61. The normalized spacial score (nSPS) is 14.4. The lowest BCUT2D eigenvalue weighted by atomic mass is 10.1. The molecule has 0 fully saturated rings. The maximum absolute atomic E-state index is 13.0. The summed E-state index contributed by atoms with van der Waals surface area (Å²) in [5.41, 5.74) is 0.0328. The number of carboxylic acid groups (broad SMARTS) is 2. The van der Waals surface area contributed by atoms with E-state index < -0.39 is 35.7 Å². The van der Waals surface area contributed by atoms with Gasteiger partial charge in [-0.2, -0.15) is 10.1 Å². The van der Waals surface area contributed by atoms with Gasteiger partial charge in [0, 0.05) is 0 Å². The number of nitrogens with zero attached hydrogens (tertiary/aromatic N) is 3. The van der Waals surface area contributed by atoms with Crippen LogP contribution in [0.1, 0.15) is 27.2 Å². The van der Waals surface area contributed by atoms with Crippen molar-refractivity contribution in [1.82, 2.24) is 9.78 Å². The van der Waals surface area contributed by atoms with E-state index in [1.807, 2.05) is 0 Å². The summed E-state index contributed by atoms with van der Waals surface area (Å²) in [6.07, 6.45) is 3.76. The molecule has 200 valence electrons. The molecule has 39 heavy (non-hydrogen) atoms. The number of hydrogen-bond acceptors (Lipinski definition) is 9. The first kappa shape index (κ1) is 26.9. The van der Waals surface area contributed by atoms with Crippen LogP contribution in [0, 0.1) is 0 Å². The molecule has 1 aliphatic heterocycles. The number of H-pyrrole nitrogens is 1. The highest BCUT2D eigenvalue weighted by Gasteiger charge is 2.34. The first-order chi connectivity index (χ1) is 18.7. The highest BCUT2D eigenvalue weighted by atomic mass is 17.1. The maximum Gasteiger partial charge on any atom is 0.357 e. The van der Waals surface area contributed by atoms with Gasteiger partial charge in [-0.15, -0.1) is 0 Å². The monoisotopic (exact) mass is 536 g/mol. The van der Waals surface area contributed by atoms with Gasteiger partial charge in [0.2, 0.25) is 0 Å². The first-order valence-electron chi connectivity index (χ1n) is 11.1. The number of hydrogen-bond donors (Lipinski definition) is 5. The van der Waals surface area contributed by atoms with Crippen LogP contribution in [0.25, 0.3) is 11.8 Å². The molecule has 0 atom stereocenters. The second-order valence-electron chi connectivity index (χ2n) is 8.02. The molecule has 5 N–H and O–H groups in total. The summed E-state index contributed by atoms with van der Waals surface area (Å²) >= 11 is 0. The van der Waals surface area contributed by atoms with Gasteiger partial charge in [-0.1, -0.05) is 18.2 Å². The minimum atomic E-state index is -1.45. The fourth-order valence-electron chi connectivity index (χ4n) is 3.72. The third-order valence-electron chi connectivity index (χ3n) is 5.61. The van der Waals surface area contributed by atoms with E-state index in [9.17, 15) is 24.3 Å². The zero-order valence-corrected chi connectivity index (χ0v) is 19.8. The molecule has 0 bridgehead atoms. The molecule has 0 saturated carbocycles. The molecule has 0 aliphatic carbocycles. The van der Waals surface area contributed by atoms with E-state index in [1.165, 1.54) is 54.6 Å². The highest BCUT2D eigenvalue weighted by Crippen LogP contribution is 2.25. The van der Waals surface area contributed by atoms with Crippen molar-refractivity contribution in [2.24, 2.45) is 5.10 Å². The van der Waals surface area contributed by atoms with Gasteiger partial charge in [-0.05, 0) is 54.1 Å². The lowest BCUT2D eigenvalue weighted by Crippen LogP contribution is -2.22. The standard InChI is InChI=1S/C25H20N4O10/c30-22-18(20(13-39-37)26-28(22)17-10-6-15(7-11-17)24(32)33)2-1-3-19-21(25(34)35)27-29(23(19)31)16-8-4-14(5-9-16)12-38-36/h1-11,26,36-37H,12-13H2,(H,32,33)(H,34,35)/b2-1+,19-3-. The number of carbonyl (C=O) groups is 3. The Bertz CT molecular complexity index is 1560. The number of aromatic amines is 1. The molecule has 0 spiro atoms. The number of aromatic carboxylic acids is 1. The largest absolute Gasteiger partial charge is 0.478 e. The number of carboxylic acids is 2. The molecular formula is C25H20N4O10. The number of carbonyl (C=O) groups excluding carboxylic acids is 1.